The first-order valence-electron chi connectivity index (χ1n) is 6.18. The van der Waals surface area contributed by atoms with Crippen LogP contribution in [0.1, 0.15) is 25.8 Å². The zero-order valence-electron chi connectivity index (χ0n) is 11.3. The van der Waals surface area contributed by atoms with Gasteiger partial charge in [-0.25, -0.2) is 8.42 Å². The Kier molecular flexibility index (Phi) is 5.31. The van der Waals surface area contributed by atoms with Crippen LogP contribution in [-0.4, -0.2) is 32.4 Å². The van der Waals surface area contributed by atoms with Crippen molar-refractivity contribution >= 4 is 10.0 Å². The number of hydrogen-bond donors (Lipinski definition) is 1. The van der Waals surface area contributed by atoms with Crippen molar-refractivity contribution in [2.45, 2.75) is 37.6 Å². The first-order valence-corrected chi connectivity index (χ1v) is 7.62. The predicted molar refractivity (Wildman–Crippen MR) is 73.9 cm³/mol. The summed E-state index contributed by atoms with van der Waals surface area (Å²) in [5.74, 6) is 0. The van der Waals surface area contributed by atoms with Crippen LogP contribution in [0.3, 0.4) is 0 Å². The first kappa shape index (κ1) is 15.1. The van der Waals surface area contributed by atoms with E-state index in [1.54, 1.807) is 26.1 Å². The van der Waals surface area contributed by atoms with Crippen molar-refractivity contribution in [3.05, 3.63) is 29.8 Å². The van der Waals surface area contributed by atoms with Gasteiger partial charge in [-0.2, -0.15) is 4.31 Å². The Balaban J connectivity index is 2.91. The molecular formula is C13H22N2O2S. The summed E-state index contributed by atoms with van der Waals surface area (Å²) in [5.41, 5.74) is 6.78. The molecule has 0 saturated heterocycles. The fraction of sp³-hybridized carbons (Fsp3) is 0.538. The van der Waals surface area contributed by atoms with Gasteiger partial charge in [-0.3, -0.25) is 0 Å². The van der Waals surface area contributed by atoms with Crippen molar-refractivity contribution in [3.63, 3.8) is 0 Å². The Hall–Kier alpha value is -0.910. The molecule has 0 radical (unpaired) electrons. The molecule has 0 saturated carbocycles. The van der Waals surface area contributed by atoms with Gasteiger partial charge in [-0.1, -0.05) is 25.5 Å². The molecule has 4 nitrogen and oxygen atoms in total. The van der Waals surface area contributed by atoms with Crippen LogP contribution in [0.25, 0.3) is 0 Å². The smallest absolute Gasteiger partial charge is 0.242 e. The summed E-state index contributed by atoms with van der Waals surface area (Å²) in [5, 5.41) is 0. The second kappa shape index (κ2) is 6.31. The van der Waals surface area contributed by atoms with E-state index in [9.17, 15) is 8.42 Å². The molecule has 0 heterocycles. The molecule has 1 rings (SSSR count). The van der Waals surface area contributed by atoms with Crippen molar-refractivity contribution in [1.29, 1.82) is 0 Å². The van der Waals surface area contributed by atoms with Crippen molar-refractivity contribution in [2.24, 2.45) is 5.73 Å². The minimum atomic E-state index is -3.41. The quantitative estimate of drug-likeness (QED) is 0.854. The van der Waals surface area contributed by atoms with Crippen LogP contribution in [0.2, 0.25) is 0 Å². The van der Waals surface area contributed by atoms with Gasteiger partial charge < -0.3 is 5.73 Å². The zero-order chi connectivity index (χ0) is 13.8. The Labute approximate surface area is 110 Å². The summed E-state index contributed by atoms with van der Waals surface area (Å²) < 4.78 is 25.7. The fourth-order valence-corrected chi connectivity index (χ4v) is 3.07. The molecule has 0 aliphatic rings. The van der Waals surface area contributed by atoms with Crippen LogP contribution in [0.15, 0.2) is 29.2 Å². The molecule has 102 valence electrons. The SMILES string of the molecule is CCCc1ccc(S(=O)(=O)N(C)CC(C)N)cc1. The summed E-state index contributed by atoms with van der Waals surface area (Å²) in [7, 11) is -1.86. The van der Waals surface area contributed by atoms with E-state index in [0.717, 1.165) is 18.4 Å². The van der Waals surface area contributed by atoms with Crippen LogP contribution in [0, 0.1) is 0 Å². The third-order valence-electron chi connectivity index (χ3n) is 2.72. The molecular weight excluding hydrogens is 248 g/mol. The molecule has 0 bridgehead atoms. The minimum absolute atomic E-state index is 0.177. The number of nitrogens with two attached hydrogens (primary N) is 1. The average Bonchev–Trinajstić information content (AvgIpc) is 2.29. The first-order chi connectivity index (χ1) is 8.37. The van der Waals surface area contributed by atoms with Crippen molar-refractivity contribution in [1.82, 2.24) is 4.31 Å². The largest absolute Gasteiger partial charge is 0.327 e. The summed E-state index contributed by atoms with van der Waals surface area (Å²) in [6.07, 6.45) is 2.02. The van der Waals surface area contributed by atoms with Crippen LogP contribution in [0.4, 0.5) is 0 Å². The highest BCUT2D eigenvalue weighted by Gasteiger charge is 2.21. The topological polar surface area (TPSA) is 63.4 Å². The van der Waals surface area contributed by atoms with Crippen molar-refractivity contribution in [2.75, 3.05) is 13.6 Å². The van der Waals surface area contributed by atoms with E-state index in [2.05, 4.69) is 6.92 Å². The Morgan fingerprint density at radius 1 is 1.28 bits per heavy atom. The number of likely N-dealkylation sites (N-methyl/N-ethyl adjacent to an activating group) is 1. The van der Waals surface area contributed by atoms with Gasteiger partial charge in [-0.15, -0.1) is 0 Å². The van der Waals surface area contributed by atoms with E-state index >= 15 is 0 Å². The van der Waals surface area contributed by atoms with Gasteiger partial charge in [-0.05, 0) is 31.0 Å². The number of rotatable bonds is 6. The number of aryl methyl sites for hydroxylation is 1. The second-order valence-corrected chi connectivity index (χ2v) is 6.70. The average molecular weight is 270 g/mol. The lowest BCUT2D eigenvalue weighted by atomic mass is 10.1. The molecule has 1 aromatic rings. The van der Waals surface area contributed by atoms with E-state index < -0.39 is 10.0 Å². The lowest BCUT2D eigenvalue weighted by Gasteiger charge is -2.19. The number of sulfonamides is 1. The van der Waals surface area contributed by atoms with E-state index in [1.807, 2.05) is 12.1 Å². The van der Waals surface area contributed by atoms with Gasteiger partial charge in [0.05, 0.1) is 4.90 Å². The third kappa shape index (κ3) is 3.80. The molecule has 0 aliphatic carbocycles. The van der Waals surface area contributed by atoms with Gasteiger partial charge in [0.2, 0.25) is 10.0 Å². The van der Waals surface area contributed by atoms with Gasteiger partial charge >= 0.3 is 0 Å². The predicted octanol–water partition coefficient (Wildman–Crippen LogP) is 1.61. The van der Waals surface area contributed by atoms with E-state index in [4.69, 9.17) is 5.73 Å². The van der Waals surface area contributed by atoms with Gasteiger partial charge in [0, 0.05) is 19.6 Å². The Bertz CT molecular complexity index is 466. The van der Waals surface area contributed by atoms with E-state index in [0.29, 0.717) is 11.4 Å². The molecule has 18 heavy (non-hydrogen) atoms. The minimum Gasteiger partial charge on any atom is -0.327 e. The Morgan fingerprint density at radius 2 is 1.83 bits per heavy atom. The maximum Gasteiger partial charge on any atom is 0.242 e. The molecule has 0 aliphatic heterocycles. The van der Waals surface area contributed by atoms with E-state index in [-0.39, 0.29) is 6.04 Å². The molecule has 0 amide bonds. The maximum absolute atomic E-state index is 12.2. The molecule has 5 heteroatoms. The second-order valence-electron chi connectivity index (χ2n) is 4.66. The molecule has 0 spiro atoms. The Morgan fingerprint density at radius 3 is 2.28 bits per heavy atom. The normalized spacial score (nSPS) is 13.8. The van der Waals surface area contributed by atoms with Crippen LogP contribution >= 0.6 is 0 Å². The van der Waals surface area contributed by atoms with E-state index in [1.165, 1.54) is 4.31 Å². The molecule has 1 unspecified atom stereocenters. The fourth-order valence-electron chi connectivity index (χ4n) is 1.80. The van der Waals surface area contributed by atoms with Crippen LogP contribution < -0.4 is 5.73 Å². The summed E-state index contributed by atoms with van der Waals surface area (Å²) in [4.78, 5) is 0.325. The third-order valence-corrected chi connectivity index (χ3v) is 4.55. The van der Waals surface area contributed by atoms with Gasteiger partial charge in [0.25, 0.3) is 0 Å². The lowest BCUT2D eigenvalue weighted by molar-refractivity contribution is 0.445. The highest BCUT2D eigenvalue weighted by Crippen LogP contribution is 2.16. The monoisotopic (exact) mass is 270 g/mol. The zero-order valence-corrected chi connectivity index (χ0v) is 12.1. The highest BCUT2D eigenvalue weighted by atomic mass is 32.2. The van der Waals surface area contributed by atoms with Crippen molar-refractivity contribution in [3.8, 4) is 0 Å². The van der Waals surface area contributed by atoms with Crippen LogP contribution in [-0.2, 0) is 16.4 Å². The molecule has 0 aromatic heterocycles. The van der Waals surface area contributed by atoms with Crippen LogP contribution in [0.5, 0.6) is 0 Å². The number of nitrogens with zero attached hydrogens (tertiary/aromatic N) is 1. The van der Waals surface area contributed by atoms with Crippen molar-refractivity contribution < 1.29 is 8.42 Å². The van der Waals surface area contributed by atoms with Gasteiger partial charge in [0.1, 0.15) is 0 Å². The maximum atomic E-state index is 12.2. The standard InChI is InChI=1S/C13H22N2O2S/c1-4-5-12-6-8-13(9-7-12)18(16,17)15(3)10-11(2)14/h6-9,11H,4-5,10,14H2,1-3H3. The highest BCUT2D eigenvalue weighted by molar-refractivity contribution is 7.89. The molecule has 1 aromatic carbocycles. The lowest BCUT2D eigenvalue weighted by Crippen LogP contribution is -2.36. The summed E-state index contributed by atoms with van der Waals surface area (Å²) in [6, 6.07) is 6.89. The number of hydrogen-bond acceptors (Lipinski definition) is 3. The van der Waals surface area contributed by atoms with Gasteiger partial charge in [0.15, 0.2) is 0 Å². The summed E-state index contributed by atoms with van der Waals surface area (Å²) in [6.45, 7) is 4.20. The molecule has 2 N–H and O–H groups in total. The number of benzene rings is 1. The molecule has 0 fully saturated rings. The summed E-state index contributed by atoms with van der Waals surface area (Å²) >= 11 is 0. The molecule has 1 atom stereocenters.